The summed E-state index contributed by atoms with van der Waals surface area (Å²) in [5.74, 6) is 1.40. The van der Waals surface area contributed by atoms with Gasteiger partial charge in [0.05, 0.1) is 11.9 Å². The molecule has 0 spiro atoms. The first-order valence-electron chi connectivity index (χ1n) is 6.15. The lowest BCUT2D eigenvalue weighted by atomic mass is 10.0. The summed E-state index contributed by atoms with van der Waals surface area (Å²) in [7, 11) is 0. The van der Waals surface area contributed by atoms with Crippen molar-refractivity contribution in [1.82, 2.24) is 4.98 Å². The summed E-state index contributed by atoms with van der Waals surface area (Å²) in [6.07, 6.45) is 1.66. The molecule has 3 N–H and O–H groups in total. The third-order valence-corrected chi connectivity index (χ3v) is 2.94. The summed E-state index contributed by atoms with van der Waals surface area (Å²) in [5.41, 5.74) is 9.79. The smallest absolute Gasteiger partial charge is 0.133 e. The number of hydrogen-bond acceptors (Lipinski definition) is 3. The first-order chi connectivity index (χ1) is 8.56. The van der Waals surface area contributed by atoms with Crippen LogP contribution in [-0.4, -0.2) is 4.98 Å². The summed E-state index contributed by atoms with van der Waals surface area (Å²) in [4.78, 5) is 4.29. The number of benzene rings is 1. The van der Waals surface area contributed by atoms with E-state index in [2.05, 4.69) is 48.4 Å². The molecule has 0 bridgehead atoms. The Morgan fingerprint density at radius 1 is 1.17 bits per heavy atom. The Bertz CT molecular complexity index is 530. The van der Waals surface area contributed by atoms with Gasteiger partial charge >= 0.3 is 0 Å². The van der Waals surface area contributed by atoms with E-state index in [-0.39, 0.29) is 0 Å². The highest BCUT2D eigenvalue weighted by atomic mass is 15.0. The van der Waals surface area contributed by atoms with E-state index in [4.69, 9.17) is 5.73 Å². The predicted molar refractivity (Wildman–Crippen MR) is 77.2 cm³/mol. The molecule has 0 saturated carbocycles. The van der Waals surface area contributed by atoms with Crippen molar-refractivity contribution < 1.29 is 0 Å². The van der Waals surface area contributed by atoms with E-state index in [1.807, 2.05) is 13.0 Å². The van der Waals surface area contributed by atoms with Crippen LogP contribution in [0.4, 0.5) is 17.2 Å². The molecule has 94 valence electrons. The zero-order valence-electron chi connectivity index (χ0n) is 11.1. The summed E-state index contributed by atoms with van der Waals surface area (Å²) >= 11 is 0. The molecule has 0 atom stereocenters. The molecular weight excluding hydrogens is 222 g/mol. The standard InChI is InChI=1S/C15H19N3/c1-10(2)12-4-6-14(7-5-12)18-15-11(3)8-13(16)9-17-15/h4-10H,16H2,1-3H3,(H,17,18). The third kappa shape index (κ3) is 2.80. The molecule has 3 nitrogen and oxygen atoms in total. The monoisotopic (exact) mass is 241 g/mol. The second kappa shape index (κ2) is 5.08. The van der Waals surface area contributed by atoms with Crippen LogP contribution in [0.15, 0.2) is 36.5 Å². The summed E-state index contributed by atoms with van der Waals surface area (Å²) in [6, 6.07) is 10.3. The van der Waals surface area contributed by atoms with E-state index >= 15 is 0 Å². The average Bonchev–Trinajstić information content (AvgIpc) is 2.33. The molecular formula is C15H19N3. The molecule has 0 aliphatic carbocycles. The lowest BCUT2D eigenvalue weighted by Gasteiger charge is -2.10. The Balaban J connectivity index is 2.18. The van der Waals surface area contributed by atoms with Crippen LogP contribution in [0.5, 0.6) is 0 Å². The van der Waals surface area contributed by atoms with Crippen LogP contribution in [0.3, 0.4) is 0 Å². The fourth-order valence-corrected chi connectivity index (χ4v) is 1.82. The lowest BCUT2D eigenvalue weighted by Crippen LogP contribution is -1.98. The Morgan fingerprint density at radius 3 is 2.39 bits per heavy atom. The van der Waals surface area contributed by atoms with Crippen molar-refractivity contribution in [2.24, 2.45) is 0 Å². The Hall–Kier alpha value is -2.03. The van der Waals surface area contributed by atoms with Gasteiger partial charge in [0.1, 0.15) is 5.82 Å². The minimum absolute atomic E-state index is 0.551. The molecule has 0 radical (unpaired) electrons. The maximum absolute atomic E-state index is 5.68. The van der Waals surface area contributed by atoms with E-state index < -0.39 is 0 Å². The van der Waals surface area contributed by atoms with Gasteiger partial charge in [-0.1, -0.05) is 26.0 Å². The highest BCUT2D eigenvalue weighted by Gasteiger charge is 2.02. The van der Waals surface area contributed by atoms with E-state index in [0.29, 0.717) is 11.6 Å². The highest BCUT2D eigenvalue weighted by Crippen LogP contribution is 2.22. The fraction of sp³-hybridized carbons (Fsp3) is 0.267. The topological polar surface area (TPSA) is 50.9 Å². The first-order valence-corrected chi connectivity index (χ1v) is 6.15. The number of nitrogens with two attached hydrogens (primary N) is 1. The molecule has 3 heteroatoms. The molecule has 0 saturated heterocycles. The number of aromatic nitrogens is 1. The van der Waals surface area contributed by atoms with Gasteiger partial charge in [-0.15, -0.1) is 0 Å². The van der Waals surface area contributed by atoms with Gasteiger partial charge in [-0.3, -0.25) is 0 Å². The molecule has 0 amide bonds. The van der Waals surface area contributed by atoms with Crippen molar-refractivity contribution in [2.75, 3.05) is 11.1 Å². The first kappa shape index (κ1) is 12.4. The van der Waals surface area contributed by atoms with Crippen molar-refractivity contribution >= 4 is 17.2 Å². The van der Waals surface area contributed by atoms with E-state index in [9.17, 15) is 0 Å². The Kier molecular flexibility index (Phi) is 3.51. The second-order valence-corrected chi connectivity index (χ2v) is 4.84. The zero-order valence-corrected chi connectivity index (χ0v) is 11.1. The molecule has 1 aromatic heterocycles. The zero-order chi connectivity index (χ0) is 13.1. The van der Waals surface area contributed by atoms with Gasteiger partial charge < -0.3 is 11.1 Å². The minimum atomic E-state index is 0.551. The molecule has 0 aliphatic rings. The molecule has 1 aromatic carbocycles. The molecule has 0 fully saturated rings. The Labute approximate surface area is 108 Å². The van der Waals surface area contributed by atoms with Gasteiger partial charge in [0.25, 0.3) is 0 Å². The predicted octanol–water partition coefficient (Wildman–Crippen LogP) is 3.84. The van der Waals surface area contributed by atoms with Gasteiger partial charge in [-0.2, -0.15) is 0 Å². The Morgan fingerprint density at radius 2 is 1.83 bits per heavy atom. The number of hydrogen-bond donors (Lipinski definition) is 2. The number of nitrogen functional groups attached to an aromatic ring is 1. The van der Waals surface area contributed by atoms with Crippen LogP contribution >= 0.6 is 0 Å². The number of pyridine rings is 1. The van der Waals surface area contributed by atoms with Crippen molar-refractivity contribution in [3.63, 3.8) is 0 Å². The number of anilines is 3. The fourth-order valence-electron chi connectivity index (χ4n) is 1.82. The lowest BCUT2D eigenvalue weighted by molar-refractivity contribution is 0.867. The maximum Gasteiger partial charge on any atom is 0.133 e. The summed E-state index contributed by atoms with van der Waals surface area (Å²) in [5, 5.41) is 3.30. The largest absolute Gasteiger partial charge is 0.397 e. The summed E-state index contributed by atoms with van der Waals surface area (Å²) < 4.78 is 0. The number of aryl methyl sites for hydroxylation is 1. The molecule has 2 rings (SSSR count). The van der Waals surface area contributed by atoms with Crippen molar-refractivity contribution in [1.29, 1.82) is 0 Å². The van der Waals surface area contributed by atoms with Gasteiger partial charge in [0.15, 0.2) is 0 Å². The quantitative estimate of drug-likeness (QED) is 0.858. The van der Waals surface area contributed by atoms with Gasteiger partial charge in [0.2, 0.25) is 0 Å². The van der Waals surface area contributed by atoms with E-state index in [1.54, 1.807) is 6.20 Å². The van der Waals surface area contributed by atoms with E-state index in [1.165, 1.54) is 5.56 Å². The number of nitrogens with one attached hydrogen (secondary N) is 1. The van der Waals surface area contributed by atoms with Crippen molar-refractivity contribution in [2.45, 2.75) is 26.7 Å². The molecule has 2 aromatic rings. The molecule has 0 aliphatic heterocycles. The van der Waals surface area contributed by atoms with Crippen LogP contribution < -0.4 is 11.1 Å². The van der Waals surface area contributed by atoms with Gasteiger partial charge in [-0.25, -0.2) is 4.98 Å². The molecule has 1 heterocycles. The number of rotatable bonds is 3. The summed E-state index contributed by atoms with van der Waals surface area (Å²) in [6.45, 7) is 6.37. The van der Waals surface area contributed by atoms with E-state index in [0.717, 1.165) is 17.1 Å². The van der Waals surface area contributed by atoms with Gasteiger partial charge in [0, 0.05) is 5.69 Å². The maximum atomic E-state index is 5.68. The van der Waals surface area contributed by atoms with Crippen molar-refractivity contribution in [3.8, 4) is 0 Å². The minimum Gasteiger partial charge on any atom is -0.397 e. The van der Waals surface area contributed by atoms with Crippen LogP contribution in [0.1, 0.15) is 30.9 Å². The molecule has 18 heavy (non-hydrogen) atoms. The van der Waals surface area contributed by atoms with Gasteiger partial charge in [-0.05, 0) is 42.2 Å². The van der Waals surface area contributed by atoms with Crippen LogP contribution in [0, 0.1) is 6.92 Å². The average molecular weight is 241 g/mol. The van der Waals surface area contributed by atoms with Crippen LogP contribution in [-0.2, 0) is 0 Å². The SMILES string of the molecule is Cc1cc(N)cnc1Nc1ccc(C(C)C)cc1. The third-order valence-electron chi connectivity index (χ3n) is 2.94. The molecule has 0 unspecified atom stereocenters. The normalized spacial score (nSPS) is 10.7. The van der Waals surface area contributed by atoms with Crippen LogP contribution in [0.25, 0.3) is 0 Å². The number of nitrogens with zero attached hydrogens (tertiary/aromatic N) is 1. The van der Waals surface area contributed by atoms with Crippen LogP contribution in [0.2, 0.25) is 0 Å². The highest BCUT2D eigenvalue weighted by molar-refractivity contribution is 5.61. The second-order valence-electron chi connectivity index (χ2n) is 4.84. The van der Waals surface area contributed by atoms with Crippen molar-refractivity contribution in [3.05, 3.63) is 47.7 Å².